The molecule has 4 heterocycles. The zero-order valence-electron chi connectivity index (χ0n) is 16.8. The van der Waals surface area contributed by atoms with Crippen LogP contribution >= 0.6 is 0 Å². The van der Waals surface area contributed by atoms with Gasteiger partial charge < -0.3 is 15.2 Å². The molecule has 2 unspecified atom stereocenters. The minimum Gasteiger partial charge on any atom is -0.489 e. The summed E-state index contributed by atoms with van der Waals surface area (Å²) >= 11 is 0. The monoisotopic (exact) mass is 403 g/mol. The van der Waals surface area contributed by atoms with Crippen LogP contribution in [-0.4, -0.2) is 48.1 Å². The fourth-order valence-electron chi connectivity index (χ4n) is 4.82. The minimum absolute atomic E-state index is 0.178. The number of aromatic nitrogens is 1. The number of nitriles is 1. The van der Waals surface area contributed by atoms with Crippen LogP contribution in [0.3, 0.4) is 0 Å². The third-order valence-corrected chi connectivity index (χ3v) is 6.54. The summed E-state index contributed by atoms with van der Waals surface area (Å²) < 4.78 is 12.2. The van der Waals surface area contributed by atoms with Gasteiger partial charge in [0.25, 0.3) is 5.91 Å². The van der Waals surface area contributed by atoms with Crippen molar-refractivity contribution in [2.24, 2.45) is 16.1 Å². The highest BCUT2D eigenvalue weighted by Gasteiger charge is 2.67. The first kappa shape index (κ1) is 18.6. The van der Waals surface area contributed by atoms with Crippen molar-refractivity contribution < 1.29 is 14.3 Å². The molecular weight excluding hydrogens is 382 g/mol. The summed E-state index contributed by atoms with van der Waals surface area (Å²) in [6.45, 7) is 2.89. The van der Waals surface area contributed by atoms with Gasteiger partial charge in [-0.2, -0.15) is 5.26 Å². The van der Waals surface area contributed by atoms with Crippen molar-refractivity contribution in [1.29, 1.82) is 5.26 Å². The summed E-state index contributed by atoms with van der Waals surface area (Å²) in [5.74, 6) is 0.605. The first-order valence-corrected chi connectivity index (χ1v) is 9.78. The summed E-state index contributed by atoms with van der Waals surface area (Å²) in [6.07, 6.45) is 3.64. The van der Waals surface area contributed by atoms with Crippen LogP contribution in [0.15, 0.2) is 41.7 Å². The number of nitrogens with zero attached hydrogens (tertiary/aromatic N) is 4. The van der Waals surface area contributed by atoms with Gasteiger partial charge in [0.2, 0.25) is 0 Å². The summed E-state index contributed by atoms with van der Waals surface area (Å²) in [4.78, 5) is 23.9. The molecule has 0 saturated carbocycles. The number of hydrogen-bond acceptors (Lipinski definition) is 7. The van der Waals surface area contributed by atoms with E-state index >= 15 is 0 Å². The average Bonchev–Trinajstić information content (AvgIpc) is 3.00. The van der Waals surface area contributed by atoms with Gasteiger partial charge in [-0.15, -0.1) is 0 Å². The van der Waals surface area contributed by atoms with Crippen molar-refractivity contribution >= 4 is 11.9 Å². The number of fused-ring (bicyclic) bond motifs is 4. The summed E-state index contributed by atoms with van der Waals surface area (Å²) in [6, 6.07) is 9.54. The van der Waals surface area contributed by atoms with Crippen LogP contribution in [0.4, 0.5) is 0 Å². The molecule has 2 N–H and O–H groups in total. The van der Waals surface area contributed by atoms with Crippen molar-refractivity contribution in [2.45, 2.75) is 25.0 Å². The topological polar surface area (TPSA) is 114 Å². The maximum Gasteiger partial charge on any atom is 0.262 e. The predicted octanol–water partition coefficient (Wildman–Crippen LogP) is 1.79. The van der Waals surface area contributed by atoms with Crippen LogP contribution in [0, 0.1) is 16.7 Å². The number of rotatable bonds is 1. The van der Waals surface area contributed by atoms with E-state index in [1.165, 1.54) is 11.1 Å². The predicted molar refractivity (Wildman–Crippen MR) is 108 cm³/mol. The SMILES string of the molecule is CN1C(=O)[C@]2(N=C1N)c1cc(-c3cncc(C#N)c3)ccc1OC1CCOCC12C. The van der Waals surface area contributed by atoms with Gasteiger partial charge in [-0.05, 0) is 23.8 Å². The van der Waals surface area contributed by atoms with Crippen LogP contribution < -0.4 is 10.5 Å². The lowest BCUT2D eigenvalue weighted by Gasteiger charge is -2.53. The van der Waals surface area contributed by atoms with Gasteiger partial charge in [-0.1, -0.05) is 13.0 Å². The molecule has 3 atom stereocenters. The van der Waals surface area contributed by atoms with Gasteiger partial charge in [0, 0.05) is 37.0 Å². The highest BCUT2D eigenvalue weighted by atomic mass is 16.5. The number of hydrogen-bond donors (Lipinski definition) is 1. The number of ether oxygens (including phenoxy) is 2. The van der Waals surface area contributed by atoms with Crippen LogP contribution in [-0.2, 0) is 15.1 Å². The van der Waals surface area contributed by atoms with E-state index in [9.17, 15) is 10.1 Å². The molecular formula is C22H21N5O3. The second kappa shape index (κ2) is 6.28. The van der Waals surface area contributed by atoms with Crippen molar-refractivity contribution in [3.05, 3.63) is 47.8 Å². The highest BCUT2D eigenvalue weighted by Crippen LogP contribution is 2.58. The Balaban J connectivity index is 1.76. The molecule has 1 fully saturated rings. The molecule has 3 aliphatic heterocycles. The van der Waals surface area contributed by atoms with E-state index in [0.29, 0.717) is 36.5 Å². The Labute approximate surface area is 173 Å². The number of likely N-dealkylation sites (N-methyl/N-ethyl adjacent to an activating group) is 1. The quantitative estimate of drug-likeness (QED) is 0.776. The number of nitrogens with two attached hydrogens (primary N) is 1. The number of carbonyl (C=O) groups excluding carboxylic acids is 1. The molecule has 8 nitrogen and oxygen atoms in total. The molecule has 152 valence electrons. The number of benzene rings is 1. The molecule has 1 saturated heterocycles. The number of carbonyl (C=O) groups is 1. The smallest absolute Gasteiger partial charge is 0.262 e. The molecule has 3 aliphatic rings. The van der Waals surface area contributed by atoms with Crippen molar-refractivity contribution in [2.75, 3.05) is 20.3 Å². The van der Waals surface area contributed by atoms with Crippen LogP contribution in [0.1, 0.15) is 24.5 Å². The molecule has 1 aromatic carbocycles. The molecule has 2 aromatic rings. The lowest BCUT2D eigenvalue weighted by atomic mass is 9.61. The Morgan fingerprint density at radius 1 is 1.30 bits per heavy atom. The molecule has 0 radical (unpaired) electrons. The normalized spacial score (nSPS) is 29.6. The zero-order valence-corrected chi connectivity index (χ0v) is 16.8. The van der Waals surface area contributed by atoms with Crippen LogP contribution in [0.25, 0.3) is 11.1 Å². The maximum absolute atomic E-state index is 13.6. The third kappa shape index (κ3) is 2.27. The molecule has 0 aliphatic carbocycles. The lowest BCUT2D eigenvalue weighted by Crippen LogP contribution is -2.63. The van der Waals surface area contributed by atoms with Gasteiger partial charge >= 0.3 is 0 Å². The van der Waals surface area contributed by atoms with Gasteiger partial charge in [0.05, 0.1) is 24.2 Å². The first-order valence-electron chi connectivity index (χ1n) is 9.78. The second-order valence-corrected chi connectivity index (χ2v) is 8.19. The fraction of sp³-hybridized carbons (Fsp3) is 0.364. The van der Waals surface area contributed by atoms with E-state index in [4.69, 9.17) is 20.2 Å². The van der Waals surface area contributed by atoms with E-state index in [-0.39, 0.29) is 18.0 Å². The van der Waals surface area contributed by atoms with E-state index in [1.807, 2.05) is 25.1 Å². The van der Waals surface area contributed by atoms with Crippen LogP contribution in [0.5, 0.6) is 5.75 Å². The van der Waals surface area contributed by atoms with Crippen LogP contribution in [0.2, 0.25) is 0 Å². The first-order chi connectivity index (χ1) is 14.4. The largest absolute Gasteiger partial charge is 0.489 e. The molecule has 0 bridgehead atoms. The molecule has 1 spiro atoms. The molecule has 8 heteroatoms. The number of pyridine rings is 1. The number of amides is 1. The Bertz CT molecular complexity index is 1140. The lowest BCUT2D eigenvalue weighted by molar-refractivity contribution is -0.159. The molecule has 1 aromatic heterocycles. The fourth-order valence-corrected chi connectivity index (χ4v) is 4.82. The Hall–Kier alpha value is -3.44. The standard InChI is InChI=1S/C22H21N5O3/c1-21-12-29-6-5-18(21)30-17-4-3-14(15-7-13(9-23)10-25-11-15)8-16(17)22(21)19(28)27(2)20(24)26-22/h3-4,7-8,10-11,18H,5-6,12H2,1-2H3,(H2,24,26)/t18?,21?,22-/m1/s1. The number of aliphatic imine (C=N–C) groups is 1. The minimum atomic E-state index is -1.24. The summed E-state index contributed by atoms with van der Waals surface area (Å²) in [7, 11) is 1.64. The van der Waals surface area contributed by atoms with E-state index in [2.05, 4.69) is 11.1 Å². The molecule has 1 amide bonds. The van der Waals surface area contributed by atoms with Crippen molar-refractivity contribution in [1.82, 2.24) is 9.88 Å². The van der Waals surface area contributed by atoms with Crippen molar-refractivity contribution in [3.63, 3.8) is 0 Å². The molecule has 5 rings (SSSR count). The van der Waals surface area contributed by atoms with E-state index in [0.717, 1.165) is 11.1 Å². The molecule has 30 heavy (non-hydrogen) atoms. The number of guanidine groups is 1. The zero-order chi connectivity index (χ0) is 21.1. The summed E-state index contributed by atoms with van der Waals surface area (Å²) in [5.41, 5.74) is 6.89. The maximum atomic E-state index is 13.6. The van der Waals surface area contributed by atoms with Gasteiger partial charge in [-0.3, -0.25) is 14.7 Å². The third-order valence-electron chi connectivity index (χ3n) is 6.54. The van der Waals surface area contributed by atoms with Gasteiger partial charge in [0.1, 0.15) is 17.9 Å². The Morgan fingerprint density at radius 2 is 2.13 bits per heavy atom. The van der Waals surface area contributed by atoms with Crippen molar-refractivity contribution in [3.8, 4) is 22.9 Å². The van der Waals surface area contributed by atoms with Gasteiger partial charge in [0.15, 0.2) is 11.5 Å². The van der Waals surface area contributed by atoms with Gasteiger partial charge in [-0.25, -0.2) is 4.99 Å². The highest BCUT2D eigenvalue weighted by molar-refractivity contribution is 6.08. The van der Waals surface area contributed by atoms with E-state index in [1.54, 1.807) is 19.3 Å². The average molecular weight is 403 g/mol. The van der Waals surface area contributed by atoms with E-state index < -0.39 is 11.0 Å². The summed E-state index contributed by atoms with van der Waals surface area (Å²) in [5, 5.41) is 9.22. The second-order valence-electron chi connectivity index (χ2n) is 8.19. The Morgan fingerprint density at radius 3 is 2.87 bits per heavy atom. The Kier molecular flexibility index (Phi) is 3.89.